The van der Waals surface area contributed by atoms with Crippen molar-refractivity contribution in [2.24, 2.45) is 0 Å². The second kappa shape index (κ2) is 5.30. The van der Waals surface area contributed by atoms with Crippen molar-refractivity contribution in [1.82, 2.24) is 9.78 Å². The van der Waals surface area contributed by atoms with Gasteiger partial charge in [-0.15, -0.1) is 0 Å². The van der Waals surface area contributed by atoms with Gasteiger partial charge in [-0.1, -0.05) is 0 Å². The molecule has 22 heavy (non-hydrogen) atoms. The Morgan fingerprint density at radius 3 is 2.86 bits per heavy atom. The zero-order valence-electron chi connectivity index (χ0n) is 13.1. The highest BCUT2D eigenvalue weighted by molar-refractivity contribution is 5.20. The highest BCUT2D eigenvalue weighted by Gasteiger charge is 2.54. The molecule has 1 N–H and O–H groups in total. The van der Waals surface area contributed by atoms with Crippen molar-refractivity contribution in [3.8, 4) is 0 Å². The number of ether oxygens (including phenoxy) is 3. The molecular formula is C16H24N2O4. The summed E-state index contributed by atoms with van der Waals surface area (Å²) >= 11 is 0. The van der Waals surface area contributed by atoms with Gasteiger partial charge < -0.3 is 19.3 Å². The van der Waals surface area contributed by atoms with E-state index in [4.69, 9.17) is 14.2 Å². The molecule has 1 aromatic heterocycles. The van der Waals surface area contributed by atoms with Crippen molar-refractivity contribution < 1.29 is 19.3 Å². The smallest absolute Gasteiger partial charge is 0.163 e. The minimum Gasteiger partial charge on any atom is -0.390 e. The number of aliphatic hydroxyl groups excluding tert-OH is 1. The van der Waals surface area contributed by atoms with Crippen molar-refractivity contribution in [2.45, 2.75) is 75.8 Å². The second-order valence-corrected chi connectivity index (χ2v) is 7.05. The molecule has 0 bridgehead atoms. The molecule has 3 aliphatic rings. The van der Waals surface area contributed by atoms with Gasteiger partial charge in [0, 0.05) is 18.7 Å². The number of fused-ring (bicyclic) bond motifs is 1. The average Bonchev–Trinajstić information content (AvgIpc) is 3.16. The van der Waals surface area contributed by atoms with Crippen LogP contribution in [0.15, 0.2) is 12.4 Å². The van der Waals surface area contributed by atoms with Crippen LogP contribution in [0.25, 0.3) is 0 Å². The van der Waals surface area contributed by atoms with E-state index in [1.165, 1.54) is 6.42 Å². The van der Waals surface area contributed by atoms with Gasteiger partial charge in [0.15, 0.2) is 5.79 Å². The Balaban J connectivity index is 1.53. The molecule has 2 saturated heterocycles. The minimum atomic E-state index is -0.628. The first-order valence-electron chi connectivity index (χ1n) is 8.23. The summed E-state index contributed by atoms with van der Waals surface area (Å²) in [4.78, 5) is 0. The Morgan fingerprint density at radius 1 is 1.27 bits per heavy atom. The van der Waals surface area contributed by atoms with Crippen molar-refractivity contribution in [1.29, 1.82) is 0 Å². The van der Waals surface area contributed by atoms with E-state index in [9.17, 15) is 5.11 Å². The zero-order chi connectivity index (χ0) is 15.3. The molecule has 122 valence electrons. The number of nitrogens with zero attached hydrogens (tertiary/aromatic N) is 2. The number of aliphatic hydroxyl groups is 1. The Bertz CT molecular complexity index is 538. The van der Waals surface area contributed by atoms with E-state index in [0.717, 1.165) is 25.0 Å². The first-order chi connectivity index (χ1) is 10.5. The van der Waals surface area contributed by atoms with E-state index >= 15 is 0 Å². The fourth-order valence-corrected chi connectivity index (χ4v) is 3.91. The van der Waals surface area contributed by atoms with Crippen LogP contribution in [0, 0.1) is 0 Å². The van der Waals surface area contributed by atoms with Crippen LogP contribution in [0.4, 0.5) is 0 Å². The lowest BCUT2D eigenvalue weighted by Gasteiger charge is -2.23. The van der Waals surface area contributed by atoms with E-state index in [2.05, 4.69) is 5.10 Å². The number of aromatic nitrogens is 2. The van der Waals surface area contributed by atoms with E-state index < -0.39 is 11.9 Å². The SMILES string of the molecule is CC1(C)O[C@@H]2[C@H](O1)[C@@H](c1cnn(C3CCCCO3)c1)C[C@@H]2O. The summed E-state index contributed by atoms with van der Waals surface area (Å²) in [7, 11) is 0. The van der Waals surface area contributed by atoms with Crippen molar-refractivity contribution in [3.05, 3.63) is 18.0 Å². The van der Waals surface area contributed by atoms with E-state index in [-0.39, 0.29) is 24.4 Å². The molecule has 3 heterocycles. The van der Waals surface area contributed by atoms with Gasteiger partial charge >= 0.3 is 0 Å². The van der Waals surface area contributed by atoms with Gasteiger partial charge in [-0.2, -0.15) is 5.10 Å². The molecule has 1 saturated carbocycles. The van der Waals surface area contributed by atoms with Crippen LogP contribution in [0.5, 0.6) is 0 Å². The summed E-state index contributed by atoms with van der Waals surface area (Å²) in [5, 5.41) is 14.7. The molecule has 2 aliphatic heterocycles. The Labute approximate surface area is 130 Å². The average molecular weight is 308 g/mol. The predicted octanol–water partition coefficient (Wildman–Crippen LogP) is 1.95. The molecule has 6 heteroatoms. The van der Waals surface area contributed by atoms with Crippen LogP contribution < -0.4 is 0 Å². The fourth-order valence-electron chi connectivity index (χ4n) is 3.91. The summed E-state index contributed by atoms with van der Waals surface area (Å²) in [5.74, 6) is -0.503. The molecule has 1 aliphatic carbocycles. The Hall–Kier alpha value is -0.950. The maximum Gasteiger partial charge on any atom is 0.163 e. The first-order valence-corrected chi connectivity index (χ1v) is 8.23. The monoisotopic (exact) mass is 308 g/mol. The molecule has 1 unspecified atom stereocenters. The van der Waals surface area contributed by atoms with E-state index in [1.807, 2.05) is 30.9 Å². The van der Waals surface area contributed by atoms with Crippen molar-refractivity contribution in [2.75, 3.05) is 6.61 Å². The van der Waals surface area contributed by atoms with Crippen LogP contribution in [-0.4, -0.2) is 45.6 Å². The molecule has 6 nitrogen and oxygen atoms in total. The molecule has 1 aromatic rings. The van der Waals surface area contributed by atoms with Crippen LogP contribution in [0.1, 0.15) is 57.2 Å². The van der Waals surface area contributed by atoms with Gasteiger partial charge in [0.05, 0.1) is 18.4 Å². The maximum atomic E-state index is 10.3. The molecule has 3 fully saturated rings. The lowest BCUT2D eigenvalue weighted by Crippen LogP contribution is -2.28. The van der Waals surface area contributed by atoms with Crippen molar-refractivity contribution >= 4 is 0 Å². The Morgan fingerprint density at radius 2 is 2.09 bits per heavy atom. The summed E-state index contributed by atoms with van der Waals surface area (Å²) in [6.07, 6.45) is 7.12. The third-order valence-corrected chi connectivity index (χ3v) is 4.94. The van der Waals surface area contributed by atoms with Gasteiger partial charge in [-0.3, -0.25) is 0 Å². The first kappa shape index (κ1) is 14.6. The van der Waals surface area contributed by atoms with Gasteiger partial charge in [0.1, 0.15) is 12.3 Å². The van der Waals surface area contributed by atoms with Crippen LogP contribution >= 0.6 is 0 Å². The molecular weight excluding hydrogens is 284 g/mol. The van der Waals surface area contributed by atoms with Crippen LogP contribution in [0.3, 0.4) is 0 Å². The predicted molar refractivity (Wildman–Crippen MR) is 78.3 cm³/mol. The number of rotatable bonds is 2. The number of hydrogen-bond donors (Lipinski definition) is 1. The Kier molecular flexibility index (Phi) is 3.52. The normalized spacial score (nSPS) is 40.8. The highest BCUT2D eigenvalue weighted by atomic mass is 16.8. The molecule has 0 radical (unpaired) electrons. The molecule has 0 amide bonds. The van der Waals surface area contributed by atoms with Crippen molar-refractivity contribution in [3.63, 3.8) is 0 Å². The minimum absolute atomic E-state index is 0.0433. The van der Waals surface area contributed by atoms with E-state index in [1.54, 1.807) is 0 Å². The third-order valence-electron chi connectivity index (χ3n) is 4.94. The summed E-state index contributed by atoms with van der Waals surface area (Å²) in [6, 6.07) is 0. The topological polar surface area (TPSA) is 65.7 Å². The molecule has 0 spiro atoms. The zero-order valence-corrected chi connectivity index (χ0v) is 13.1. The van der Waals surface area contributed by atoms with Crippen LogP contribution in [0.2, 0.25) is 0 Å². The maximum absolute atomic E-state index is 10.3. The van der Waals surface area contributed by atoms with Gasteiger partial charge in [0.25, 0.3) is 0 Å². The van der Waals surface area contributed by atoms with Gasteiger partial charge in [0.2, 0.25) is 0 Å². The lowest BCUT2D eigenvalue weighted by molar-refractivity contribution is -0.163. The largest absolute Gasteiger partial charge is 0.390 e. The molecule has 4 rings (SSSR count). The number of hydrogen-bond acceptors (Lipinski definition) is 5. The van der Waals surface area contributed by atoms with E-state index in [0.29, 0.717) is 6.42 Å². The van der Waals surface area contributed by atoms with Gasteiger partial charge in [-0.25, -0.2) is 4.68 Å². The third kappa shape index (κ3) is 2.48. The summed E-state index contributed by atoms with van der Waals surface area (Å²) in [5.41, 5.74) is 1.10. The quantitative estimate of drug-likeness (QED) is 0.904. The molecule has 0 aromatic carbocycles. The summed E-state index contributed by atoms with van der Waals surface area (Å²) in [6.45, 7) is 4.60. The second-order valence-electron chi connectivity index (χ2n) is 7.05. The van der Waals surface area contributed by atoms with Crippen LogP contribution in [-0.2, 0) is 14.2 Å². The standard InChI is InChI=1S/C16H24N2O4/c1-16(2)21-14-11(7-12(19)15(14)22-16)10-8-17-18(9-10)13-5-3-4-6-20-13/h8-9,11-15,19H,3-7H2,1-2H3/t11-,12+,13?,14-,15+/m1/s1. The fraction of sp³-hybridized carbons (Fsp3) is 0.812. The van der Waals surface area contributed by atoms with Gasteiger partial charge in [-0.05, 0) is 45.1 Å². The summed E-state index contributed by atoms with van der Waals surface area (Å²) < 4.78 is 19.5. The molecule has 5 atom stereocenters. The highest BCUT2D eigenvalue weighted by Crippen LogP contribution is 2.46. The lowest BCUT2D eigenvalue weighted by atomic mass is 9.98.